The van der Waals surface area contributed by atoms with Gasteiger partial charge in [-0.2, -0.15) is 13.2 Å². The predicted molar refractivity (Wildman–Crippen MR) is 172 cm³/mol. The Morgan fingerprint density at radius 2 is 1.67 bits per heavy atom. The fourth-order valence-electron chi connectivity index (χ4n) is 8.51. The van der Waals surface area contributed by atoms with Crippen molar-refractivity contribution < 1.29 is 41.7 Å². The topological polar surface area (TPSA) is 82.5 Å². The highest BCUT2D eigenvalue weighted by Crippen LogP contribution is 2.47. The molecular formula is C36H45F4N3O5. The van der Waals surface area contributed by atoms with Gasteiger partial charge in [0.15, 0.2) is 0 Å². The Morgan fingerprint density at radius 1 is 0.979 bits per heavy atom. The molecule has 262 valence electrons. The van der Waals surface area contributed by atoms with Crippen LogP contribution in [0.4, 0.5) is 23.2 Å². The standard InChI is InChI=1S/C36H45F4N3O5/c1-47-21-28-17-25(30-12-9-26(36(38,39)40)18-32(30)41-15-13-24(14-16-41)33(44)45)19-43(28)34(46)35(37)22-42(27-5-3-4-6-27)20-31(35)23-7-10-29(48-2)11-8-23/h7-12,18,24-25,27-28,31H,3-6,13-17,19-22H2,1-2H3,(H,44,45)/t25-,28-,31-,35-/m0/s1. The second-order valence-electron chi connectivity index (χ2n) is 13.9. The molecule has 8 nitrogen and oxygen atoms in total. The lowest BCUT2D eigenvalue weighted by molar-refractivity contribution is -0.146. The molecule has 3 saturated heterocycles. The number of carboxylic acids is 1. The van der Waals surface area contributed by atoms with Gasteiger partial charge >= 0.3 is 12.1 Å². The van der Waals surface area contributed by atoms with Crippen molar-refractivity contribution in [2.75, 3.05) is 58.5 Å². The molecule has 4 atom stereocenters. The number of hydrogen-bond acceptors (Lipinski definition) is 6. The molecule has 1 aliphatic carbocycles. The summed E-state index contributed by atoms with van der Waals surface area (Å²) in [6, 6.07) is 10.6. The van der Waals surface area contributed by atoms with Crippen LogP contribution in [0.1, 0.15) is 73.5 Å². The highest BCUT2D eigenvalue weighted by molar-refractivity contribution is 5.88. The molecule has 1 amide bonds. The van der Waals surface area contributed by atoms with Gasteiger partial charge in [0.05, 0.1) is 31.2 Å². The Morgan fingerprint density at radius 3 is 2.27 bits per heavy atom. The highest BCUT2D eigenvalue weighted by Gasteiger charge is 2.58. The fourth-order valence-corrected chi connectivity index (χ4v) is 8.51. The minimum absolute atomic E-state index is 0.0158. The van der Waals surface area contributed by atoms with Crippen LogP contribution in [0.5, 0.6) is 5.75 Å². The number of amides is 1. The van der Waals surface area contributed by atoms with Gasteiger partial charge in [-0.15, -0.1) is 0 Å². The minimum atomic E-state index is -4.56. The normalized spacial score (nSPS) is 27.6. The molecule has 1 N–H and O–H groups in total. The Bertz CT molecular complexity index is 1460. The van der Waals surface area contributed by atoms with Crippen molar-refractivity contribution in [3.63, 3.8) is 0 Å². The lowest BCUT2D eigenvalue weighted by Crippen LogP contribution is -2.53. The van der Waals surface area contributed by atoms with E-state index in [1.54, 1.807) is 24.1 Å². The maximum atomic E-state index is 17.7. The van der Waals surface area contributed by atoms with Gasteiger partial charge in [-0.05, 0) is 67.5 Å². The summed E-state index contributed by atoms with van der Waals surface area (Å²) >= 11 is 0. The van der Waals surface area contributed by atoms with Crippen LogP contribution < -0.4 is 9.64 Å². The zero-order valence-corrected chi connectivity index (χ0v) is 27.6. The van der Waals surface area contributed by atoms with Crippen molar-refractivity contribution in [1.29, 1.82) is 0 Å². The van der Waals surface area contributed by atoms with E-state index in [1.165, 1.54) is 13.2 Å². The van der Waals surface area contributed by atoms with E-state index in [0.717, 1.165) is 43.4 Å². The minimum Gasteiger partial charge on any atom is -0.497 e. The van der Waals surface area contributed by atoms with Crippen molar-refractivity contribution >= 4 is 17.6 Å². The summed E-state index contributed by atoms with van der Waals surface area (Å²) in [7, 11) is 3.09. The molecule has 2 aromatic carbocycles. The van der Waals surface area contributed by atoms with Crippen LogP contribution in [0, 0.1) is 5.92 Å². The summed E-state index contributed by atoms with van der Waals surface area (Å²) in [5.41, 5.74) is -1.24. The van der Waals surface area contributed by atoms with Crippen molar-refractivity contribution in [3.05, 3.63) is 59.2 Å². The Kier molecular flexibility index (Phi) is 9.95. The first-order chi connectivity index (χ1) is 22.9. The van der Waals surface area contributed by atoms with Gasteiger partial charge in [0.1, 0.15) is 5.75 Å². The molecule has 6 rings (SSSR count). The van der Waals surface area contributed by atoms with E-state index in [2.05, 4.69) is 4.90 Å². The number of piperidine rings is 1. The fraction of sp³-hybridized carbons (Fsp3) is 0.611. The second-order valence-corrected chi connectivity index (χ2v) is 13.9. The first kappa shape index (κ1) is 34.5. The molecule has 3 aliphatic heterocycles. The summed E-state index contributed by atoms with van der Waals surface area (Å²) in [6.45, 7) is 1.31. The van der Waals surface area contributed by atoms with Gasteiger partial charge in [-0.25, -0.2) is 4.39 Å². The van der Waals surface area contributed by atoms with Crippen LogP contribution in [0.2, 0.25) is 0 Å². The number of carbonyl (C=O) groups is 2. The summed E-state index contributed by atoms with van der Waals surface area (Å²) in [5.74, 6) is -2.48. The predicted octanol–water partition coefficient (Wildman–Crippen LogP) is 6.10. The van der Waals surface area contributed by atoms with Crippen molar-refractivity contribution in [1.82, 2.24) is 9.80 Å². The molecule has 3 heterocycles. The molecule has 0 spiro atoms. The number of carboxylic acid groups (broad SMARTS) is 1. The van der Waals surface area contributed by atoms with Crippen LogP contribution in [0.15, 0.2) is 42.5 Å². The molecule has 0 unspecified atom stereocenters. The number of hydrogen-bond donors (Lipinski definition) is 1. The largest absolute Gasteiger partial charge is 0.497 e. The summed E-state index contributed by atoms with van der Waals surface area (Å²) in [6.07, 6.45) is 0.578. The molecule has 48 heavy (non-hydrogen) atoms. The van der Waals surface area contributed by atoms with Gasteiger partial charge in [0.2, 0.25) is 5.67 Å². The van der Waals surface area contributed by atoms with E-state index in [1.807, 2.05) is 17.0 Å². The number of benzene rings is 2. The van der Waals surface area contributed by atoms with Gasteiger partial charge in [0, 0.05) is 63.4 Å². The SMILES string of the molecule is COC[C@@H]1C[C@H](c2ccc(C(F)(F)F)cc2N2CCC(C(=O)O)CC2)CN1C(=O)[C@]1(F)CN(C2CCCC2)C[C@H]1c1ccc(OC)cc1. The quantitative estimate of drug-likeness (QED) is 0.322. The first-order valence-corrected chi connectivity index (χ1v) is 17.0. The Labute approximate surface area is 279 Å². The van der Waals surface area contributed by atoms with E-state index in [4.69, 9.17) is 9.47 Å². The van der Waals surface area contributed by atoms with Gasteiger partial charge in [-0.3, -0.25) is 14.5 Å². The summed E-state index contributed by atoms with van der Waals surface area (Å²) in [4.78, 5) is 31.7. The number of halogens is 4. The number of nitrogens with zero attached hydrogens (tertiary/aromatic N) is 3. The zero-order chi connectivity index (χ0) is 34.2. The van der Waals surface area contributed by atoms with Crippen LogP contribution in [-0.2, 0) is 20.5 Å². The molecule has 0 radical (unpaired) electrons. The third-order valence-corrected chi connectivity index (χ3v) is 11.1. The van der Waals surface area contributed by atoms with E-state index < -0.39 is 47.2 Å². The first-order valence-electron chi connectivity index (χ1n) is 17.0. The monoisotopic (exact) mass is 675 g/mol. The third kappa shape index (κ3) is 6.75. The van der Waals surface area contributed by atoms with Crippen LogP contribution in [0.25, 0.3) is 0 Å². The van der Waals surface area contributed by atoms with E-state index in [0.29, 0.717) is 55.9 Å². The van der Waals surface area contributed by atoms with Crippen LogP contribution >= 0.6 is 0 Å². The van der Waals surface area contributed by atoms with Crippen molar-refractivity contribution in [2.45, 2.75) is 80.7 Å². The van der Waals surface area contributed by atoms with Gasteiger partial charge in [-0.1, -0.05) is 31.0 Å². The van der Waals surface area contributed by atoms with Gasteiger partial charge < -0.3 is 24.4 Å². The molecule has 1 saturated carbocycles. The summed E-state index contributed by atoms with van der Waals surface area (Å²) in [5, 5.41) is 9.48. The maximum Gasteiger partial charge on any atom is 0.416 e. The molecular weight excluding hydrogens is 630 g/mol. The number of aliphatic carboxylic acids is 1. The Hall–Kier alpha value is -3.38. The second kappa shape index (κ2) is 13.9. The lowest BCUT2D eigenvalue weighted by atomic mass is 9.85. The smallest absolute Gasteiger partial charge is 0.416 e. The molecule has 12 heteroatoms. The molecule has 0 bridgehead atoms. The summed E-state index contributed by atoms with van der Waals surface area (Å²) < 4.78 is 70.2. The maximum absolute atomic E-state index is 17.7. The average Bonchev–Trinajstić information content (AvgIpc) is 3.84. The van der Waals surface area contributed by atoms with E-state index in [-0.39, 0.29) is 31.7 Å². The number of ether oxygens (including phenoxy) is 2. The molecule has 4 aliphatic rings. The van der Waals surface area contributed by atoms with Crippen LogP contribution in [0.3, 0.4) is 0 Å². The zero-order valence-electron chi connectivity index (χ0n) is 27.6. The molecule has 4 fully saturated rings. The number of anilines is 1. The number of methoxy groups -OCH3 is 2. The average molecular weight is 676 g/mol. The Balaban J connectivity index is 1.31. The molecule has 0 aromatic heterocycles. The number of alkyl halides is 4. The van der Waals surface area contributed by atoms with Crippen molar-refractivity contribution in [3.8, 4) is 5.75 Å². The number of carbonyl (C=O) groups excluding carboxylic acids is 1. The van der Waals surface area contributed by atoms with E-state index >= 15 is 4.39 Å². The highest BCUT2D eigenvalue weighted by atomic mass is 19.4. The lowest BCUT2D eigenvalue weighted by Gasteiger charge is -2.35. The van der Waals surface area contributed by atoms with Crippen molar-refractivity contribution in [2.24, 2.45) is 5.92 Å². The van der Waals surface area contributed by atoms with E-state index in [9.17, 15) is 27.9 Å². The third-order valence-electron chi connectivity index (χ3n) is 11.1. The number of likely N-dealkylation sites (tertiary alicyclic amines) is 2. The van der Waals surface area contributed by atoms with Gasteiger partial charge in [0.25, 0.3) is 5.91 Å². The van der Waals surface area contributed by atoms with Crippen LogP contribution in [-0.4, -0.2) is 98.1 Å². The molecule has 2 aromatic rings. The number of rotatable bonds is 9.